The molecule has 0 aliphatic heterocycles. The molecule has 0 atom stereocenters. The van der Waals surface area contributed by atoms with Gasteiger partial charge in [0.2, 0.25) is 0 Å². The Bertz CT molecular complexity index is 618. The van der Waals surface area contributed by atoms with Crippen LogP contribution in [0.5, 0.6) is 0 Å². The number of benzene rings is 2. The fraction of sp³-hybridized carbons (Fsp3) is 0.200. The second kappa shape index (κ2) is 5.42. The van der Waals surface area contributed by atoms with Gasteiger partial charge >= 0.3 is 0 Å². The van der Waals surface area contributed by atoms with Crippen molar-refractivity contribution in [3.63, 3.8) is 0 Å². The molecule has 0 aliphatic carbocycles. The fourth-order valence-electron chi connectivity index (χ4n) is 2.34. The molecule has 1 N–H and O–H groups in total. The first-order chi connectivity index (χ1) is 9.37. The van der Waals surface area contributed by atoms with E-state index < -0.39 is 25.5 Å². The predicted octanol–water partition coefficient (Wildman–Crippen LogP) is 2.42. The molecule has 106 valence electrons. The lowest BCUT2D eigenvalue weighted by molar-refractivity contribution is 0.283. The first-order valence-electron chi connectivity index (χ1n) is 6.22. The van der Waals surface area contributed by atoms with Crippen molar-refractivity contribution in [2.24, 2.45) is 0 Å². The van der Waals surface area contributed by atoms with Crippen LogP contribution in [-0.2, 0) is 6.61 Å². The van der Waals surface area contributed by atoms with E-state index in [0.29, 0.717) is 5.19 Å². The van der Waals surface area contributed by atoms with Gasteiger partial charge < -0.3 is 5.11 Å². The van der Waals surface area contributed by atoms with E-state index >= 15 is 0 Å². The summed E-state index contributed by atoms with van der Waals surface area (Å²) in [6.45, 7) is 3.68. The van der Waals surface area contributed by atoms with Crippen molar-refractivity contribution in [3.8, 4) is 0 Å². The van der Waals surface area contributed by atoms with Crippen LogP contribution >= 0.6 is 0 Å². The molecule has 2 rings (SSSR count). The van der Waals surface area contributed by atoms with Gasteiger partial charge in [-0.1, -0.05) is 37.4 Å². The molecule has 0 amide bonds. The molecule has 0 aliphatic rings. The summed E-state index contributed by atoms with van der Waals surface area (Å²) in [5.41, 5.74) is 0.731. The fourth-order valence-corrected chi connectivity index (χ4v) is 5.10. The quantitative estimate of drug-likeness (QED) is 0.681. The van der Waals surface area contributed by atoms with Crippen molar-refractivity contribution in [1.82, 2.24) is 0 Å². The van der Waals surface area contributed by atoms with Crippen LogP contribution in [-0.4, -0.2) is 13.2 Å². The minimum atomic E-state index is -2.41. The van der Waals surface area contributed by atoms with Crippen molar-refractivity contribution in [3.05, 3.63) is 59.4 Å². The number of rotatable bonds is 3. The van der Waals surface area contributed by atoms with Crippen LogP contribution in [0.1, 0.15) is 5.56 Å². The molecule has 0 radical (unpaired) electrons. The van der Waals surface area contributed by atoms with Gasteiger partial charge in [0.05, 0.1) is 6.61 Å². The van der Waals surface area contributed by atoms with Crippen molar-refractivity contribution in [1.29, 1.82) is 0 Å². The van der Waals surface area contributed by atoms with Crippen LogP contribution in [0.25, 0.3) is 0 Å². The normalized spacial score (nSPS) is 11.7. The molecular weight excluding hydrogens is 281 g/mol. The lowest BCUT2D eigenvalue weighted by atomic mass is 10.2. The summed E-state index contributed by atoms with van der Waals surface area (Å²) in [5.74, 6) is -3.81. The number of aliphatic hydroxyl groups excluding tert-OH is 1. The zero-order chi connectivity index (χ0) is 14.9. The third-order valence-corrected chi connectivity index (χ3v) is 7.13. The molecule has 2 aromatic carbocycles. The average Bonchev–Trinajstić information content (AvgIpc) is 2.44. The summed E-state index contributed by atoms with van der Waals surface area (Å²) in [5, 5.41) is 10.7. The molecule has 20 heavy (non-hydrogen) atoms. The molecule has 0 heterocycles. The molecule has 2 aromatic rings. The highest BCUT2D eigenvalue weighted by Gasteiger charge is 2.30. The Morgan fingerprint density at radius 3 is 2.10 bits per heavy atom. The maximum absolute atomic E-state index is 13.4. The molecule has 0 saturated carbocycles. The molecule has 0 unspecified atom stereocenters. The summed E-state index contributed by atoms with van der Waals surface area (Å²) in [6, 6.07) is 9.35. The third-order valence-electron chi connectivity index (χ3n) is 3.57. The molecule has 5 heteroatoms. The van der Waals surface area contributed by atoms with Crippen LogP contribution in [0.2, 0.25) is 13.1 Å². The van der Waals surface area contributed by atoms with Crippen molar-refractivity contribution in [2.45, 2.75) is 19.7 Å². The standard InChI is InChI=1S/C15H15F3OSi/c1-20(2,14-6-4-3-5-10(14)9-19)11-7-12(16)15(18)13(17)8-11/h3-8,19H,9H2,1-2H3. The Morgan fingerprint density at radius 2 is 1.55 bits per heavy atom. The first kappa shape index (κ1) is 14.8. The van der Waals surface area contributed by atoms with Gasteiger partial charge in [-0.15, -0.1) is 0 Å². The van der Waals surface area contributed by atoms with Gasteiger partial charge in [-0.2, -0.15) is 0 Å². The van der Waals surface area contributed by atoms with Crippen LogP contribution in [0.15, 0.2) is 36.4 Å². The van der Waals surface area contributed by atoms with Crippen LogP contribution in [0.4, 0.5) is 13.2 Å². The lowest BCUT2D eigenvalue weighted by Crippen LogP contribution is -2.54. The number of hydrogen-bond acceptors (Lipinski definition) is 1. The average molecular weight is 296 g/mol. The zero-order valence-corrected chi connectivity index (χ0v) is 12.3. The first-order valence-corrected chi connectivity index (χ1v) is 9.22. The molecule has 0 bridgehead atoms. The van der Waals surface area contributed by atoms with E-state index in [0.717, 1.165) is 22.9 Å². The van der Waals surface area contributed by atoms with E-state index in [-0.39, 0.29) is 6.61 Å². The van der Waals surface area contributed by atoms with E-state index in [1.165, 1.54) is 0 Å². The number of aliphatic hydroxyl groups is 1. The van der Waals surface area contributed by atoms with Gasteiger partial charge in [-0.05, 0) is 28.1 Å². The van der Waals surface area contributed by atoms with Gasteiger partial charge in [0.1, 0.15) is 8.07 Å². The number of halogens is 3. The van der Waals surface area contributed by atoms with E-state index in [4.69, 9.17) is 0 Å². The van der Waals surface area contributed by atoms with E-state index in [2.05, 4.69) is 0 Å². The summed E-state index contributed by atoms with van der Waals surface area (Å²) in [4.78, 5) is 0. The van der Waals surface area contributed by atoms with Crippen LogP contribution < -0.4 is 10.4 Å². The minimum Gasteiger partial charge on any atom is -0.392 e. The lowest BCUT2D eigenvalue weighted by Gasteiger charge is -2.26. The molecule has 0 spiro atoms. The van der Waals surface area contributed by atoms with Gasteiger partial charge in [0, 0.05) is 0 Å². The Kier molecular flexibility index (Phi) is 4.01. The third kappa shape index (κ3) is 2.51. The maximum Gasteiger partial charge on any atom is 0.194 e. The molecular formula is C15H15F3OSi. The Hall–Kier alpha value is -1.59. The largest absolute Gasteiger partial charge is 0.392 e. The SMILES string of the molecule is C[Si](C)(c1cc(F)c(F)c(F)c1)c1ccccc1CO. The smallest absolute Gasteiger partial charge is 0.194 e. The van der Waals surface area contributed by atoms with Gasteiger partial charge in [0.15, 0.2) is 17.5 Å². The molecule has 0 aromatic heterocycles. The molecule has 0 saturated heterocycles. The summed E-state index contributed by atoms with van der Waals surface area (Å²) >= 11 is 0. The Balaban J connectivity index is 2.60. The highest BCUT2D eigenvalue weighted by molar-refractivity contribution is 7.00. The highest BCUT2D eigenvalue weighted by atomic mass is 28.3. The topological polar surface area (TPSA) is 20.2 Å². The summed E-state index contributed by atoms with van der Waals surface area (Å²) < 4.78 is 39.9. The second-order valence-electron chi connectivity index (χ2n) is 5.19. The zero-order valence-electron chi connectivity index (χ0n) is 11.3. The van der Waals surface area contributed by atoms with Crippen molar-refractivity contribution < 1.29 is 18.3 Å². The predicted molar refractivity (Wildman–Crippen MR) is 75.4 cm³/mol. The van der Waals surface area contributed by atoms with E-state index in [1.54, 1.807) is 12.1 Å². The van der Waals surface area contributed by atoms with Gasteiger partial charge in [0.25, 0.3) is 0 Å². The monoisotopic (exact) mass is 296 g/mol. The van der Waals surface area contributed by atoms with Crippen LogP contribution in [0, 0.1) is 17.5 Å². The number of hydrogen-bond donors (Lipinski definition) is 1. The summed E-state index contributed by atoms with van der Waals surface area (Å²) in [6.07, 6.45) is 0. The molecule has 0 fully saturated rings. The van der Waals surface area contributed by atoms with E-state index in [9.17, 15) is 18.3 Å². The van der Waals surface area contributed by atoms with Gasteiger partial charge in [-0.3, -0.25) is 0 Å². The van der Waals surface area contributed by atoms with Crippen molar-refractivity contribution >= 4 is 18.4 Å². The van der Waals surface area contributed by atoms with Gasteiger partial charge in [-0.25, -0.2) is 13.2 Å². The minimum absolute atomic E-state index is 0.140. The van der Waals surface area contributed by atoms with E-state index in [1.807, 2.05) is 25.2 Å². The van der Waals surface area contributed by atoms with Crippen LogP contribution in [0.3, 0.4) is 0 Å². The maximum atomic E-state index is 13.4. The Labute approximate surface area is 116 Å². The highest BCUT2D eigenvalue weighted by Crippen LogP contribution is 2.14. The van der Waals surface area contributed by atoms with Crippen molar-refractivity contribution in [2.75, 3.05) is 0 Å². The molecule has 1 nitrogen and oxygen atoms in total. The Morgan fingerprint density at radius 1 is 1.00 bits per heavy atom. The second-order valence-corrected chi connectivity index (χ2v) is 9.56. The summed E-state index contributed by atoms with van der Waals surface area (Å²) in [7, 11) is -2.41.